The van der Waals surface area contributed by atoms with E-state index in [1.807, 2.05) is 25.1 Å². The van der Waals surface area contributed by atoms with Crippen LogP contribution in [0.4, 0.5) is 0 Å². The Balaban J connectivity index is 1.75. The van der Waals surface area contributed by atoms with Gasteiger partial charge in [-0.3, -0.25) is 29.6 Å². The Morgan fingerprint density at radius 3 is 2.33 bits per heavy atom. The van der Waals surface area contributed by atoms with Crippen LogP contribution in [0.1, 0.15) is 35.2 Å². The second-order valence-electron chi connectivity index (χ2n) is 6.34. The van der Waals surface area contributed by atoms with Gasteiger partial charge in [0.15, 0.2) is 0 Å². The molecule has 0 aliphatic heterocycles. The van der Waals surface area contributed by atoms with Crippen LogP contribution in [-0.2, 0) is 17.9 Å². The second kappa shape index (κ2) is 7.53. The fraction of sp³-hybridized carbons (Fsp3) is 0.316. The molecule has 27 heavy (non-hydrogen) atoms. The lowest BCUT2D eigenvalue weighted by Gasteiger charge is -2.07. The van der Waals surface area contributed by atoms with Crippen LogP contribution in [-0.4, -0.2) is 20.9 Å². The second-order valence-corrected chi connectivity index (χ2v) is 6.34. The summed E-state index contributed by atoms with van der Waals surface area (Å²) in [5, 5.41) is 0. The number of imidazole rings is 1. The number of aromatic nitrogens is 2. The van der Waals surface area contributed by atoms with Crippen LogP contribution in [0, 0.1) is 13.8 Å². The molecule has 8 heteroatoms. The zero-order chi connectivity index (χ0) is 19.6. The average molecular weight is 370 g/mol. The van der Waals surface area contributed by atoms with Gasteiger partial charge in [0.25, 0.3) is 11.8 Å². The first kappa shape index (κ1) is 18.5. The Hall–Kier alpha value is -3.29. The highest BCUT2D eigenvalue weighted by Crippen LogP contribution is 2.14. The molecule has 3 rings (SSSR count). The summed E-state index contributed by atoms with van der Waals surface area (Å²) in [5.41, 5.74) is 6.27. The largest absolute Gasteiger partial charge is 0.466 e. The van der Waals surface area contributed by atoms with Crippen LogP contribution in [0.15, 0.2) is 39.5 Å². The number of fused-ring (bicyclic) bond motifs is 1. The van der Waals surface area contributed by atoms with Crippen LogP contribution in [0.5, 0.6) is 0 Å². The number of carbonyl (C=O) groups is 2. The third-order valence-corrected chi connectivity index (χ3v) is 4.28. The van der Waals surface area contributed by atoms with Crippen LogP contribution in [0.25, 0.3) is 11.0 Å². The van der Waals surface area contributed by atoms with Gasteiger partial charge in [0, 0.05) is 6.54 Å². The highest BCUT2D eigenvalue weighted by molar-refractivity contribution is 5.96. The number of hydrazine groups is 1. The molecule has 0 fully saturated rings. The number of nitrogens with zero attached hydrogens (tertiary/aromatic N) is 2. The molecule has 0 saturated carbocycles. The molecule has 0 spiro atoms. The van der Waals surface area contributed by atoms with Gasteiger partial charge >= 0.3 is 5.69 Å². The minimum absolute atomic E-state index is 0.195. The summed E-state index contributed by atoms with van der Waals surface area (Å²) in [4.78, 5) is 37.1. The first-order chi connectivity index (χ1) is 12.9. The molecule has 8 nitrogen and oxygen atoms in total. The van der Waals surface area contributed by atoms with Gasteiger partial charge < -0.3 is 4.42 Å². The molecule has 0 unspecified atom stereocenters. The van der Waals surface area contributed by atoms with Gasteiger partial charge in [0.05, 0.1) is 16.6 Å². The van der Waals surface area contributed by atoms with Crippen molar-refractivity contribution in [3.05, 3.63) is 57.9 Å². The van der Waals surface area contributed by atoms with E-state index in [1.165, 1.54) is 4.57 Å². The molecule has 2 amide bonds. The molecule has 2 N–H and O–H groups in total. The number of hydrogen-bond donors (Lipinski definition) is 2. The molecule has 0 bridgehead atoms. The first-order valence-corrected chi connectivity index (χ1v) is 8.76. The Morgan fingerprint density at radius 1 is 1.07 bits per heavy atom. The van der Waals surface area contributed by atoms with E-state index >= 15 is 0 Å². The minimum atomic E-state index is -0.497. The fourth-order valence-electron chi connectivity index (χ4n) is 3.10. The number of hydrogen-bond acceptors (Lipinski definition) is 4. The van der Waals surface area contributed by atoms with E-state index in [9.17, 15) is 14.4 Å². The predicted molar refractivity (Wildman–Crippen MR) is 100 cm³/mol. The van der Waals surface area contributed by atoms with Crippen molar-refractivity contribution >= 4 is 22.8 Å². The summed E-state index contributed by atoms with van der Waals surface area (Å²) < 4.78 is 8.36. The number of aryl methyl sites for hydroxylation is 3. The van der Waals surface area contributed by atoms with Gasteiger partial charge in [-0.25, -0.2) is 4.79 Å². The fourth-order valence-corrected chi connectivity index (χ4v) is 3.10. The van der Waals surface area contributed by atoms with Crippen molar-refractivity contribution in [1.82, 2.24) is 20.0 Å². The summed E-state index contributed by atoms with van der Waals surface area (Å²) in [7, 11) is 0. The summed E-state index contributed by atoms with van der Waals surface area (Å²) in [5.74, 6) is 0.110. The van der Waals surface area contributed by atoms with Crippen molar-refractivity contribution in [2.45, 2.75) is 40.3 Å². The van der Waals surface area contributed by atoms with Crippen molar-refractivity contribution in [3.8, 4) is 0 Å². The standard InChI is InChI=1S/C19H22N4O4/c1-4-9-22-15-7-5-6-8-16(15)23(19(22)26)11-17(24)20-21-18(25)14-10-12(2)27-13(14)3/h5-8,10H,4,9,11H2,1-3H3,(H,20,24)(H,21,25). The number of carbonyl (C=O) groups excluding carboxylic acids is 2. The monoisotopic (exact) mass is 370 g/mol. The highest BCUT2D eigenvalue weighted by atomic mass is 16.3. The number of benzene rings is 1. The lowest BCUT2D eigenvalue weighted by Crippen LogP contribution is -2.44. The van der Waals surface area contributed by atoms with Gasteiger partial charge in [-0.1, -0.05) is 19.1 Å². The summed E-state index contributed by atoms with van der Waals surface area (Å²) in [6, 6.07) is 8.92. The van der Waals surface area contributed by atoms with Gasteiger partial charge in [-0.15, -0.1) is 0 Å². The van der Waals surface area contributed by atoms with Gasteiger partial charge in [0.1, 0.15) is 18.1 Å². The highest BCUT2D eigenvalue weighted by Gasteiger charge is 2.17. The number of furan rings is 1. The zero-order valence-corrected chi connectivity index (χ0v) is 15.5. The molecule has 142 valence electrons. The van der Waals surface area contributed by atoms with Gasteiger partial charge in [-0.05, 0) is 38.5 Å². The van der Waals surface area contributed by atoms with E-state index in [-0.39, 0.29) is 12.2 Å². The van der Waals surface area contributed by atoms with Gasteiger partial charge in [-0.2, -0.15) is 0 Å². The Labute approximate surface area is 155 Å². The maximum Gasteiger partial charge on any atom is 0.329 e. The molecule has 1 aromatic carbocycles. The third kappa shape index (κ3) is 3.64. The molecule has 2 aromatic heterocycles. The lowest BCUT2D eigenvalue weighted by atomic mass is 10.2. The molecular formula is C19H22N4O4. The van der Waals surface area contributed by atoms with E-state index in [0.29, 0.717) is 29.1 Å². The van der Waals surface area contributed by atoms with Crippen LogP contribution < -0.4 is 16.5 Å². The number of amides is 2. The molecule has 0 radical (unpaired) electrons. The molecule has 0 aliphatic carbocycles. The summed E-state index contributed by atoms with van der Waals surface area (Å²) in [6.45, 7) is 5.77. The summed E-state index contributed by atoms with van der Waals surface area (Å²) >= 11 is 0. The number of para-hydroxylation sites is 2. The minimum Gasteiger partial charge on any atom is -0.466 e. The van der Waals surface area contributed by atoms with E-state index in [0.717, 1.165) is 11.9 Å². The Morgan fingerprint density at radius 2 is 1.74 bits per heavy atom. The van der Waals surface area contributed by atoms with Crippen LogP contribution >= 0.6 is 0 Å². The third-order valence-electron chi connectivity index (χ3n) is 4.28. The quantitative estimate of drug-likeness (QED) is 0.670. The molecule has 0 aliphatic rings. The Bertz CT molecular complexity index is 1060. The average Bonchev–Trinajstić information content (AvgIpc) is 3.11. The molecule has 2 heterocycles. The van der Waals surface area contributed by atoms with Crippen LogP contribution in [0.3, 0.4) is 0 Å². The van der Waals surface area contributed by atoms with Crippen molar-refractivity contribution in [3.63, 3.8) is 0 Å². The van der Waals surface area contributed by atoms with Crippen molar-refractivity contribution < 1.29 is 14.0 Å². The van der Waals surface area contributed by atoms with E-state index in [2.05, 4.69) is 10.9 Å². The van der Waals surface area contributed by atoms with Crippen molar-refractivity contribution in [2.75, 3.05) is 0 Å². The maximum atomic E-state index is 12.7. The van der Waals surface area contributed by atoms with E-state index in [1.54, 1.807) is 30.5 Å². The van der Waals surface area contributed by atoms with Crippen molar-refractivity contribution in [2.24, 2.45) is 0 Å². The maximum absolute atomic E-state index is 12.7. The van der Waals surface area contributed by atoms with Gasteiger partial charge in [0.2, 0.25) is 0 Å². The SMILES string of the molecule is CCCn1c(=O)n(CC(=O)NNC(=O)c2cc(C)oc2C)c2ccccc21. The topological polar surface area (TPSA) is 98.3 Å². The molecule has 3 aromatic rings. The number of nitrogens with one attached hydrogen (secondary N) is 2. The molecular weight excluding hydrogens is 348 g/mol. The predicted octanol–water partition coefficient (Wildman–Crippen LogP) is 1.88. The number of rotatable bonds is 5. The smallest absolute Gasteiger partial charge is 0.329 e. The van der Waals surface area contributed by atoms with E-state index < -0.39 is 11.8 Å². The molecule has 0 saturated heterocycles. The lowest BCUT2D eigenvalue weighted by molar-refractivity contribution is -0.122. The first-order valence-electron chi connectivity index (χ1n) is 8.76. The van der Waals surface area contributed by atoms with E-state index in [4.69, 9.17) is 4.42 Å². The summed E-state index contributed by atoms with van der Waals surface area (Å²) in [6.07, 6.45) is 0.805. The zero-order valence-electron chi connectivity index (χ0n) is 15.5. The van der Waals surface area contributed by atoms with Crippen LogP contribution in [0.2, 0.25) is 0 Å². The normalized spacial score (nSPS) is 10.9. The Kier molecular flexibility index (Phi) is 5.16. The van der Waals surface area contributed by atoms with Crippen molar-refractivity contribution in [1.29, 1.82) is 0 Å². The molecule has 0 atom stereocenters.